The average Bonchev–Trinajstić information content (AvgIpc) is 3.37. The number of para-hydroxylation sites is 2. The predicted molar refractivity (Wildman–Crippen MR) is 117 cm³/mol. The third-order valence-electron chi connectivity index (χ3n) is 5.54. The molecule has 2 amide bonds. The molecule has 31 heavy (non-hydrogen) atoms. The van der Waals surface area contributed by atoms with E-state index in [1.165, 1.54) is 24.3 Å². The largest absolute Gasteiger partial charge is 0.367 e. The van der Waals surface area contributed by atoms with E-state index in [1.54, 1.807) is 12.1 Å². The van der Waals surface area contributed by atoms with E-state index in [4.69, 9.17) is 51.1 Å². The van der Waals surface area contributed by atoms with Gasteiger partial charge in [0.2, 0.25) is 11.2 Å². The molecule has 3 atom stereocenters. The number of hydrogen-bond acceptors (Lipinski definition) is 5. The van der Waals surface area contributed by atoms with E-state index in [-0.39, 0.29) is 31.5 Å². The number of rotatable bonds is 4. The Bertz CT molecular complexity index is 1130. The summed E-state index contributed by atoms with van der Waals surface area (Å²) in [6.45, 7) is 2.25. The summed E-state index contributed by atoms with van der Waals surface area (Å²) in [5, 5.41) is 14.2. The lowest BCUT2D eigenvalue weighted by Crippen LogP contribution is -2.58. The SMILES string of the molecule is CC(=O)[C@@]12O[C@]1(C(=O)Nc1c(Cl)cccc1Cl)[C@@](C)(O)N(c1c(Cl)cccc1Cl)C2=O. The van der Waals surface area contributed by atoms with Crippen LogP contribution in [0, 0.1) is 0 Å². The van der Waals surface area contributed by atoms with Crippen LogP contribution in [0.4, 0.5) is 11.4 Å². The van der Waals surface area contributed by atoms with Crippen molar-refractivity contribution < 1.29 is 24.2 Å². The average molecular weight is 504 g/mol. The van der Waals surface area contributed by atoms with Crippen LogP contribution in [0.3, 0.4) is 0 Å². The lowest BCUT2D eigenvalue weighted by molar-refractivity contribution is -0.136. The fourth-order valence-corrected chi connectivity index (χ4v) is 5.13. The Balaban J connectivity index is 1.87. The molecule has 4 rings (SSSR count). The minimum Gasteiger partial charge on any atom is -0.367 e. The van der Waals surface area contributed by atoms with Crippen LogP contribution in [-0.4, -0.2) is 39.6 Å². The van der Waals surface area contributed by atoms with Gasteiger partial charge in [0.05, 0.1) is 31.5 Å². The molecule has 2 saturated heterocycles. The molecule has 0 aromatic heterocycles. The number of nitrogens with one attached hydrogen (secondary N) is 1. The molecule has 2 aliphatic heterocycles. The van der Waals surface area contributed by atoms with Crippen molar-refractivity contribution in [3.63, 3.8) is 0 Å². The van der Waals surface area contributed by atoms with Gasteiger partial charge in [0.1, 0.15) is 0 Å². The zero-order chi connectivity index (χ0) is 22.9. The molecule has 11 heteroatoms. The van der Waals surface area contributed by atoms with Crippen LogP contribution < -0.4 is 10.2 Å². The van der Waals surface area contributed by atoms with Crippen molar-refractivity contribution in [2.75, 3.05) is 10.2 Å². The van der Waals surface area contributed by atoms with Gasteiger partial charge in [0, 0.05) is 0 Å². The number of halogens is 4. The second-order valence-corrected chi connectivity index (χ2v) is 8.93. The first kappa shape index (κ1) is 22.3. The van der Waals surface area contributed by atoms with Crippen LogP contribution in [0.2, 0.25) is 20.1 Å². The third-order valence-corrected chi connectivity index (χ3v) is 6.78. The van der Waals surface area contributed by atoms with E-state index in [2.05, 4.69) is 5.32 Å². The first-order chi connectivity index (χ1) is 14.4. The maximum absolute atomic E-state index is 13.4. The van der Waals surface area contributed by atoms with Crippen LogP contribution in [0.5, 0.6) is 0 Å². The highest BCUT2D eigenvalue weighted by atomic mass is 35.5. The molecule has 162 valence electrons. The predicted octanol–water partition coefficient (Wildman–Crippen LogP) is 4.09. The second-order valence-electron chi connectivity index (χ2n) is 7.30. The van der Waals surface area contributed by atoms with Gasteiger partial charge in [-0.1, -0.05) is 58.5 Å². The van der Waals surface area contributed by atoms with Gasteiger partial charge in [-0.3, -0.25) is 19.3 Å². The van der Waals surface area contributed by atoms with Gasteiger partial charge in [-0.05, 0) is 38.1 Å². The van der Waals surface area contributed by atoms with Gasteiger partial charge >= 0.3 is 0 Å². The Morgan fingerprint density at radius 2 is 1.48 bits per heavy atom. The summed E-state index contributed by atoms with van der Waals surface area (Å²) in [7, 11) is 0. The summed E-state index contributed by atoms with van der Waals surface area (Å²) in [5.41, 5.74) is -6.93. The van der Waals surface area contributed by atoms with Crippen LogP contribution >= 0.6 is 46.4 Å². The number of ketones is 1. The smallest absolute Gasteiger partial charge is 0.273 e. The van der Waals surface area contributed by atoms with Gasteiger partial charge in [0.15, 0.2) is 11.5 Å². The number of carbonyl (C=O) groups excluding carboxylic acids is 3. The lowest BCUT2D eigenvalue weighted by Gasteiger charge is -2.36. The summed E-state index contributed by atoms with van der Waals surface area (Å²) < 4.78 is 5.49. The van der Waals surface area contributed by atoms with Crippen molar-refractivity contribution in [2.45, 2.75) is 30.8 Å². The molecule has 2 N–H and O–H groups in total. The molecule has 0 radical (unpaired) electrons. The quantitative estimate of drug-likeness (QED) is 0.483. The summed E-state index contributed by atoms with van der Waals surface area (Å²) in [6, 6.07) is 8.99. The van der Waals surface area contributed by atoms with E-state index < -0.39 is 34.5 Å². The minimum absolute atomic E-state index is 0.0332. The number of hydrogen-bond donors (Lipinski definition) is 2. The number of amides is 2. The maximum Gasteiger partial charge on any atom is 0.273 e. The van der Waals surface area contributed by atoms with Crippen molar-refractivity contribution in [1.29, 1.82) is 0 Å². The molecule has 2 heterocycles. The molecule has 2 aliphatic rings. The minimum atomic E-state index is -2.35. The topological polar surface area (TPSA) is 99.2 Å². The number of carbonyl (C=O) groups is 3. The first-order valence-corrected chi connectivity index (χ1v) is 10.4. The number of ether oxygens (including phenoxy) is 1. The standard InChI is InChI=1S/C20H14Cl4N2O5/c1-9(27)19-17(29)26(15-12(23)7-4-8-13(15)24)18(2,30)20(19,31-19)16(28)25-14-10(21)5-3-6-11(14)22/h3-8,30H,1-2H3,(H,25,28)/t18-,19+,20-/m1/s1. The fraction of sp³-hybridized carbons (Fsp3) is 0.250. The van der Waals surface area contributed by atoms with Crippen LogP contribution in [-0.2, 0) is 19.1 Å². The number of benzene rings is 2. The zero-order valence-electron chi connectivity index (χ0n) is 16.0. The molecule has 0 saturated carbocycles. The van der Waals surface area contributed by atoms with E-state index in [1.807, 2.05) is 0 Å². The Morgan fingerprint density at radius 1 is 1.00 bits per heavy atom. The van der Waals surface area contributed by atoms with Gasteiger partial charge < -0.3 is 15.2 Å². The maximum atomic E-state index is 13.4. The van der Waals surface area contributed by atoms with Crippen molar-refractivity contribution in [3.8, 4) is 0 Å². The van der Waals surface area contributed by atoms with Crippen molar-refractivity contribution in [2.24, 2.45) is 0 Å². The monoisotopic (exact) mass is 502 g/mol. The summed E-state index contributed by atoms with van der Waals surface area (Å²) in [4.78, 5) is 40.2. The lowest BCUT2D eigenvalue weighted by atomic mass is 9.85. The molecule has 2 aromatic carbocycles. The number of fused-ring (bicyclic) bond motifs is 1. The highest BCUT2D eigenvalue weighted by Crippen LogP contribution is 2.65. The number of epoxide rings is 1. The summed E-state index contributed by atoms with van der Waals surface area (Å²) >= 11 is 24.7. The van der Waals surface area contributed by atoms with E-state index in [9.17, 15) is 19.5 Å². The second kappa shape index (κ2) is 7.07. The first-order valence-electron chi connectivity index (χ1n) is 8.91. The van der Waals surface area contributed by atoms with Gasteiger partial charge in [0.25, 0.3) is 11.8 Å². The fourth-order valence-electron chi connectivity index (χ4n) is 4.07. The molecule has 7 nitrogen and oxygen atoms in total. The van der Waals surface area contributed by atoms with Gasteiger partial charge in [-0.25, -0.2) is 0 Å². The van der Waals surface area contributed by atoms with Crippen LogP contribution in [0.1, 0.15) is 13.8 Å². The molecule has 0 spiro atoms. The molecular formula is C20H14Cl4N2O5. The van der Waals surface area contributed by atoms with Crippen molar-refractivity contribution in [3.05, 3.63) is 56.5 Å². The molecule has 2 fully saturated rings. The van der Waals surface area contributed by atoms with Crippen LogP contribution in [0.15, 0.2) is 36.4 Å². The van der Waals surface area contributed by atoms with Crippen molar-refractivity contribution >= 4 is 75.4 Å². The Labute approximate surface area is 196 Å². The van der Waals surface area contributed by atoms with Crippen LogP contribution in [0.25, 0.3) is 0 Å². The highest BCUT2D eigenvalue weighted by molar-refractivity contribution is 6.42. The molecule has 2 aromatic rings. The summed E-state index contributed by atoms with van der Waals surface area (Å²) in [6.07, 6.45) is 0. The molecule has 0 aliphatic carbocycles. The van der Waals surface area contributed by atoms with E-state index in [0.29, 0.717) is 0 Å². The van der Waals surface area contributed by atoms with E-state index in [0.717, 1.165) is 18.7 Å². The Hall–Kier alpha value is -1.87. The number of aliphatic hydroxyl groups is 1. The summed E-state index contributed by atoms with van der Waals surface area (Å²) in [5.74, 6) is -2.73. The molecule has 0 unspecified atom stereocenters. The molecule has 0 bridgehead atoms. The van der Waals surface area contributed by atoms with Gasteiger partial charge in [-0.2, -0.15) is 0 Å². The number of morpholine rings is 1. The number of anilines is 2. The van der Waals surface area contributed by atoms with Crippen molar-refractivity contribution in [1.82, 2.24) is 0 Å². The number of nitrogens with zero attached hydrogens (tertiary/aromatic N) is 1. The number of Topliss-reactive ketones (excluding diaryl/α,β-unsaturated/α-hetero) is 1. The van der Waals surface area contributed by atoms with E-state index >= 15 is 0 Å². The highest BCUT2D eigenvalue weighted by Gasteiger charge is 2.95. The van der Waals surface area contributed by atoms with Gasteiger partial charge in [-0.15, -0.1) is 0 Å². The normalized spacial score (nSPS) is 29.0. The Morgan fingerprint density at radius 3 is 1.97 bits per heavy atom. The molecular weight excluding hydrogens is 490 g/mol. The Kier molecular flexibility index (Phi) is 5.09. The third kappa shape index (κ3) is 2.71. The zero-order valence-corrected chi connectivity index (χ0v) is 19.0.